The van der Waals surface area contributed by atoms with Gasteiger partial charge >= 0.3 is 0 Å². The fraction of sp³-hybridized carbons (Fsp3) is 0.400. The van der Waals surface area contributed by atoms with Crippen molar-refractivity contribution in [3.05, 3.63) is 48.0 Å². The molecule has 17 heavy (non-hydrogen) atoms. The van der Waals surface area contributed by atoms with Gasteiger partial charge in [-0.05, 0) is 12.5 Å². The number of carbonyl (C=O) groups excluding carboxylic acids is 1. The van der Waals surface area contributed by atoms with Crippen LogP contribution in [-0.2, 0) is 11.3 Å². The van der Waals surface area contributed by atoms with Crippen LogP contribution in [0.25, 0.3) is 0 Å². The Morgan fingerprint density at radius 2 is 2.12 bits per heavy atom. The van der Waals surface area contributed by atoms with Gasteiger partial charge in [0.05, 0.1) is 0 Å². The third-order valence-corrected chi connectivity index (χ3v) is 3.27. The highest BCUT2D eigenvalue weighted by atomic mass is 16.1. The molecule has 1 unspecified atom stereocenters. The molecule has 1 heterocycles. The van der Waals surface area contributed by atoms with Gasteiger partial charge in [0, 0.05) is 32.0 Å². The molecule has 0 radical (unpaired) electrons. The zero-order valence-corrected chi connectivity index (χ0v) is 10.4. The number of carbonyl (C=O) groups is 1. The minimum Gasteiger partial charge on any atom is -0.300 e. The zero-order valence-electron chi connectivity index (χ0n) is 10.4. The maximum atomic E-state index is 11.2. The van der Waals surface area contributed by atoms with E-state index < -0.39 is 0 Å². The van der Waals surface area contributed by atoms with Crippen LogP contribution in [0.1, 0.15) is 18.9 Å². The molecule has 0 spiro atoms. The predicted molar refractivity (Wildman–Crippen MR) is 69.6 cm³/mol. The second-order valence-electron chi connectivity index (χ2n) is 4.92. The number of ketones is 1. The summed E-state index contributed by atoms with van der Waals surface area (Å²) >= 11 is 0. The Balaban J connectivity index is 1.93. The van der Waals surface area contributed by atoms with Crippen molar-refractivity contribution in [3.63, 3.8) is 0 Å². The van der Waals surface area contributed by atoms with Gasteiger partial charge in [-0.25, -0.2) is 0 Å². The lowest BCUT2D eigenvalue weighted by Gasteiger charge is -2.15. The smallest absolute Gasteiger partial charge is 0.130 e. The zero-order chi connectivity index (χ0) is 12.3. The molecular weight excluding hydrogens is 210 g/mol. The first-order chi connectivity index (χ1) is 8.15. The van der Waals surface area contributed by atoms with Crippen LogP contribution >= 0.6 is 0 Å². The first-order valence-corrected chi connectivity index (χ1v) is 6.08. The van der Waals surface area contributed by atoms with Crippen molar-refractivity contribution in [2.45, 2.75) is 19.9 Å². The first kappa shape index (κ1) is 12.1. The Kier molecular flexibility index (Phi) is 3.75. The van der Waals surface area contributed by atoms with E-state index in [1.54, 1.807) is 6.92 Å². The lowest BCUT2D eigenvalue weighted by atomic mass is 9.99. The molecular formula is C15H19NO. The normalized spacial score (nSPS) is 20.8. The lowest BCUT2D eigenvalue weighted by molar-refractivity contribution is -0.117. The summed E-state index contributed by atoms with van der Waals surface area (Å²) in [6, 6.07) is 10.4. The maximum Gasteiger partial charge on any atom is 0.130 e. The minimum absolute atomic E-state index is 0.262. The van der Waals surface area contributed by atoms with Crippen molar-refractivity contribution < 1.29 is 4.79 Å². The number of benzene rings is 1. The highest BCUT2D eigenvalue weighted by Crippen LogP contribution is 2.25. The Morgan fingerprint density at radius 1 is 1.41 bits per heavy atom. The standard InChI is InChI=1S/C15H19NO/c1-12-9-16(11-15(12)8-13(2)17)10-14-6-4-3-5-7-14/h3-7,15H,1,8-11H2,2H3. The molecule has 1 aliphatic heterocycles. The van der Waals surface area contributed by atoms with E-state index in [1.807, 2.05) is 6.07 Å². The molecule has 0 amide bonds. The van der Waals surface area contributed by atoms with E-state index in [2.05, 4.69) is 35.7 Å². The van der Waals surface area contributed by atoms with Crippen LogP contribution in [0.5, 0.6) is 0 Å². The van der Waals surface area contributed by atoms with E-state index in [1.165, 1.54) is 11.1 Å². The Morgan fingerprint density at radius 3 is 2.76 bits per heavy atom. The summed E-state index contributed by atoms with van der Waals surface area (Å²) in [5.74, 6) is 0.619. The highest BCUT2D eigenvalue weighted by Gasteiger charge is 2.26. The molecule has 0 bridgehead atoms. The minimum atomic E-state index is 0.262. The van der Waals surface area contributed by atoms with E-state index in [0.29, 0.717) is 12.3 Å². The van der Waals surface area contributed by atoms with Crippen LogP contribution in [0.4, 0.5) is 0 Å². The number of likely N-dealkylation sites (tertiary alicyclic amines) is 1. The second-order valence-corrected chi connectivity index (χ2v) is 4.92. The molecule has 1 aromatic carbocycles. The van der Waals surface area contributed by atoms with Gasteiger partial charge in [-0.2, -0.15) is 0 Å². The first-order valence-electron chi connectivity index (χ1n) is 6.08. The van der Waals surface area contributed by atoms with Crippen molar-refractivity contribution in [2.75, 3.05) is 13.1 Å². The predicted octanol–water partition coefficient (Wildman–Crippen LogP) is 2.65. The van der Waals surface area contributed by atoms with Gasteiger partial charge in [0.2, 0.25) is 0 Å². The molecule has 0 saturated carbocycles. The molecule has 1 saturated heterocycles. The second kappa shape index (κ2) is 5.28. The topological polar surface area (TPSA) is 20.3 Å². The van der Waals surface area contributed by atoms with Gasteiger partial charge in [0.15, 0.2) is 0 Å². The summed E-state index contributed by atoms with van der Waals surface area (Å²) < 4.78 is 0. The van der Waals surface area contributed by atoms with E-state index >= 15 is 0 Å². The van der Waals surface area contributed by atoms with Crippen molar-refractivity contribution >= 4 is 5.78 Å². The Hall–Kier alpha value is -1.41. The molecule has 1 aromatic rings. The van der Waals surface area contributed by atoms with Gasteiger partial charge in [0.25, 0.3) is 0 Å². The number of nitrogens with zero attached hydrogens (tertiary/aromatic N) is 1. The van der Waals surface area contributed by atoms with Crippen LogP contribution < -0.4 is 0 Å². The fourth-order valence-electron chi connectivity index (χ4n) is 2.44. The van der Waals surface area contributed by atoms with Crippen LogP contribution in [0, 0.1) is 5.92 Å². The molecule has 0 aromatic heterocycles. The number of hydrogen-bond acceptors (Lipinski definition) is 2. The fourth-order valence-corrected chi connectivity index (χ4v) is 2.44. The summed E-state index contributed by atoms with van der Waals surface area (Å²) in [5.41, 5.74) is 2.53. The summed E-state index contributed by atoms with van der Waals surface area (Å²) in [4.78, 5) is 13.5. The summed E-state index contributed by atoms with van der Waals surface area (Å²) in [5, 5.41) is 0. The monoisotopic (exact) mass is 229 g/mol. The van der Waals surface area contributed by atoms with Crippen LogP contribution in [0.2, 0.25) is 0 Å². The van der Waals surface area contributed by atoms with Crippen LogP contribution in [0.3, 0.4) is 0 Å². The highest BCUT2D eigenvalue weighted by molar-refractivity contribution is 5.76. The average molecular weight is 229 g/mol. The number of hydrogen-bond donors (Lipinski definition) is 0. The molecule has 2 rings (SSSR count). The molecule has 1 atom stereocenters. The van der Waals surface area contributed by atoms with Gasteiger partial charge in [-0.1, -0.05) is 42.5 Å². The van der Waals surface area contributed by atoms with Crippen molar-refractivity contribution in [2.24, 2.45) is 5.92 Å². The van der Waals surface area contributed by atoms with Crippen molar-refractivity contribution in [3.8, 4) is 0 Å². The maximum absolute atomic E-state index is 11.2. The Bertz CT molecular complexity index is 410. The molecule has 1 fully saturated rings. The van der Waals surface area contributed by atoms with E-state index in [9.17, 15) is 4.79 Å². The molecule has 2 heteroatoms. The average Bonchev–Trinajstić information content (AvgIpc) is 2.59. The number of Topliss-reactive ketones (excluding diaryl/α,β-unsaturated/α-hetero) is 1. The van der Waals surface area contributed by atoms with Crippen LogP contribution in [-0.4, -0.2) is 23.8 Å². The van der Waals surface area contributed by atoms with Crippen molar-refractivity contribution in [1.82, 2.24) is 4.90 Å². The van der Waals surface area contributed by atoms with Crippen molar-refractivity contribution in [1.29, 1.82) is 0 Å². The Labute approximate surface area is 103 Å². The SMILES string of the molecule is C=C1CN(Cc2ccccc2)CC1CC(C)=O. The third kappa shape index (κ3) is 3.27. The number of rotatable bonds is 4. The lowest BCUT2D eigenvalue weighted by Crippen LogP contribution is -2.20. The quantitative estimate of drug-likeness (QED) is 0.740. The molecule has 2 nitrogen and oxygen atoms in total. The van der Waals surface area contributed by atoms with Gasteiger partial charge < -0.3 is 4.79 Å². The van der Waals surface area contributed by atoms with Gasteiger partial charge in [-0.15, -0.1) is 0 Å². The molecule has 0 aliphatic carbocycles. The van der Waals surface area contributed by atoms with E-state index in [4.69, 9.17) is 0 Å². The summed E-state index contributed by atoms with van der Waals surface area (Å²) in [7, 11) is 0. The van der Waals surface area contributed by atoms with E-state index in [0.717, 1.165) is 19.6 Å². The molecule has 0 N–H and O–H groups in total. The van der Waals surface area contributed by atoms with E-state index in [-0.39, 0.29) is 5.78 Å². The summed E-state index contributed by atoms with van der Waals surface area (Å²) in [6.45, 7) is 8.59. The molecule has 1 aliphatic rings. The molecule has 90 valence electrons. The third-order valence-electron chi connectivity index (χ3n) is 3.27. The summed E-state index contributed by atoms with van der Waals surface area (Å²) in [6.07, 6.45) is 0.643. The van der Waals surface area contributed by atoms with Gasteiger partial charge in [0.1, 0.15) is 5.78 Å². The van der Waals surface area contributed by atoms with Crippen LogP contribution in [0.15, 0.2) is 42.5 Å². The van der Waals surface area contributed by atoms with Gasteiger partial charge in [-0.3, -0.25) is 4.90 Å². The largest absolute Gasteiger partial charge is 0.300 e.